The van der Waals surface area contributed by atoms with Crippen molar-refractivity contribution >= 4 is 89.3 Å². The van der Waals surface area contributed by atoms with Crippen LogP contribution in [0.2, 0.25) is 0 Å². The van der Waals surface area contributed by atoms with Crippen molar-refractivity contribution in [3.05, 3.63) is 22.3 Å². The van der Waals surface area contributed by atoms with Crippen LogP contribution in [0.1, 0.15) is 38.7 Å². The van der Waals surface area contributed by atoms with E-state index in [9.17, 15) is 8.42 Å². The quantitative estimate of drug-likeness (QED) is 0.212. The van der Waals surface area contributed by atoms with E-state index in [1.165, 1.54) is 16.3 Å². The molecule has 4 nitrogen and oxygen atoms in total. The van der Waals surface area contributed by atoms with Crippen LogP contribution in [0.4, 0.5) is 5.69 Å². The molecule has 0 saturated heterocycles. The van der Waals surface area contributed by atoms with Gasteiger partial charge in [-0.05, 0) is 93.6 Å². The highest BCUT2D eigenvalue weighted by Crippen LogP contribution is 2.47. The van der Waals surface area contributed by atoms with E-state index in [0.717, 1.165) is 24.2 Å². The second-order valence-corrected chi connectivity index (χ2v) is 10.5. The Morgan fingerprint density at radius 3 is 2.45 bits per heavy atom. The largest absolute Gasteiger partial charge is 0.286 e. The van der Waals surface area contributed by atoms with Crippen molar-refractivity contribution in [2.24, 2.45) is 4.99 Å². The highest BCUT2D eigenvalue weighted by atomic mass is 127. The van der Waals surface area contributed by atoms with Crippen LogP contribution >= 0.6 is 67.8 Å². The van der Waals surface area contributed by atoms with Crippen LogP contribution in [0.15, 0.2) is 11.1 Å². The molecule has 1 aromatic carbocycles. The third-order valence-electron chi connectivity index (χ3n) is 4.11. The summed E-state index contributed by atoms with van der Waals surface area (Å²) in [6, 6.07) is 2.12. The summed E-state index contributed by atoms with van der Waals surface area (Å²) < 4.78 is 34.2. The summed E-state index contributed by atoms with van der Waals surface area (Å²) in [4.78, 5) is 4.73. The van der Waals surface area contributed by atoms with Crippen LogP contribution in [0.3, 0.4) is 0 Å². The van der Waals surface area contributed by atoms with Crippen LogP contribution in [0.5, 0.6) is 0 Å². The zero-order valence-corrected chi connectivity index (χ0v) is 19.4. The smallest absolute Gasteiger partial charge is 0.264 e. The minimum atomic E-state index is -3.87. The fourth-order valence-corrected chi connectivity index (χ4v) is 5.99. The summed E-state index contributed by atoms with van der Waals surface area (Å²) in [5, 5.41) is 0. The number of rotatable bonds is 5. The molecule has 1 aromatic rings. The zero-order chi connectivity index (χ0) is 16.7. The van der Waals surface area contributed by atoms with Crippen molar-refractivity contribution in [3.63, 3.8) is 0 Å². The van der Waals surface area contributed by atoms with Crippen LogP contribution < -0.4 is 0 Å². The first-order valence-electron chi connectivity index (χ1n) is 6.75. The molecule has 0 saturated carbocycles. The fourth-order valence-electron chi connectivity index (χ4n) is 2.75. The number of benzene rings is 1. The van der Waals surface area contributed by atoms with E-state index >= 15 is 0 Å². The van der Waals surface area contributed by atoms with Gasteiger partial charge in [-0.2, -0.15) is 8.42 Å². The third kappa shape index (κ3) is 3.97. The number of fused-ring (bicyclic) bond motifs is 1. The Bertz CT molecular complexity index is 746. The van der Waals surface area contributed by atoms with Crippen molar-refractivity contribution < 1.29 is 13.0 Å². The molecule has 0 radical (unpaired) electrons. The van der Waals surface area contributed by atoms with E-state index < -0.39 is 10.1 Å². The highest BCUT2D eigenvalue weighted by molar-refractivity contribution is 14.1. The predicted molar refractivity (Wildman–Crippen MR) is 115 cm³/mol. The summed E-state index contributed by atoms with van der Waals surface area (Å²) in [5.41, 5.74) is 3.20. The summed E-state index contributed by atoms with van der Waals surface area (Å²) in [6.45, 7) is 4.22. The van der Waals surface area contributed by atoms with E-state index in [4.69, 9.17) is 9.55 Å². The van der Waals surface area contributed by atoms with E-state index in [1.54, 1.807) is 0 Å². The maximum atomic E-state index is 10.8. The summed E-state index contributed by atoms with van der Waals surface area (Å²) in [5.74, 6) is -0.173. The van der Waals surface area contributed by atoms with Gasteiger partial charge >= 0.3 is 0 Å². The van der Waals surface area contributed by atoms with Gasteiger partial charge in [0.05, 0.1) is 11.4 Å². The normalized spacial score (nSPS) is 20.9. The molecule has 0 fully saturated rings. The molecule has 0 amide bonds. The van der Waals surface area contributed by atoms with Crippen LogP contribution in [0, 0.1) is 10.7 Å². The molecule has 0 aromatic heterocycles. The molecule has 1 unspecified atom stereocenters. The summed E-state index contributed by atoms with van der Waals surface area (Å²) >= 11 is 7.08. The van der Waals surface area contributed by atoms with Gasteiger partial charge in [-0.25, -0.2) is 0 Å². The predicted octanol–water partition coefficient (Wildman–Crippen LogP) is 4.92. The Morgan fingerprint density at radius 1 is 1.23 bits per heavy atom. The average molecular weight is 659 g/mol. The van der Waals surface area contributed by atoms with Crippen LogP contribution in [-0.4, -0.2) is 24.4 Å². The summed E-state index contributed by atoms with van der Waals surface area (Å²) in [6.07, 6.45) is 2.04. The van der Waals surface area contributed by atoms with Gasteiger partial charge in [-0.1, -0.05) is 13.3 Å². The van der Waals surface area contributed by atoms with E-state index in [-0.39, 0.29) is 11.2 Å². The van der Waals surface area contributed by atoms with Gasteiger partial charge < -0.3 is 0 Å². The molecule has 122 valence electrons. The number of nitrogens with zero attached hydrogens (tertiary/aromatic N) is 1. The van der Waals surface area contributed by atoms with Crippen molar-refractivity contribution in [3.8, 4) is 0 Å². The zero-order valence-electron chi connectivity index (χ0n) is 12.2. The second kappa shape index (κ2) is 7.08. The van der Waals surface area contributed by atoms with Gasteiger partial charge in [0.25, 0.3) is 10.1 Å². The monoisotopic (exact) mass is 659 g/mol. The van der Waals surface area contributed by atoms with Gasteiger partial charge in [0.15, 0.2) is 0 Å². The van der Waals surface area contributed by atoms with E-state index in [1.807, 2.05) is 6.92 Å². The van der Waals surface area contributed by atoms with Crippen LogP contribution in [-0.2, 0) is 15.5 Å². The molecule has 1 aliphatic heterocycles. The lowest BCUT2D eigenvalue weighted by Crippen LogP contribution is -2.29. The Hall–Kier alpha value is 0.990. The first kappa shape index (κ1) is 19.3. The van der Waals surface area contributed by atoms with Gasteiger partial charge in [0.1, 0.15) is 0 Å². The molecule has 0 bridgehead atoms. The van der Waals surface area contributed by atoms with Crippen LogP contribution in [0.25, 0.3) is 0 Å². The average Bonchev–Trinajstić information content (AvgIpc) is 2.63. The van der Waals surface area contributed by atoms with Crippen molar-refractivity contribution in [2.45, 2.75) is 38.5 Å². The topological polar surface area (TPSA) is 66.7 Å². The molecule has 2 rings (SSSR count). The molecule has 1 N–H and O–H groups in total. The number of halogens is 3. The minimum absolute atomic E-state index is 0.157. The Morgan fingerprint density at radius 2 is 1.86 bits per heavy atom. The number of hydrogen-bond donors (Lipinski definition) is 1. The maximum absolute atomic E-state index is 10.8. The van der Waals surface area contributed by atoms with Gasteiger partial charge in [0.2, 0.25) is 0 Å². The molecule has 0 aliphatic carbocycles. The van der Waals surface area contributed by atoms with Gasteiger partial charge in [0, 0.05) is 27.4 Å². The SMILES string of the molecule is CC1=Nc2cc(I)c(I)c(I)c2C1(C)CCCCS(=O)(=O)O. The van der Waals surface area contributed by atoms with Crippen molar-refractivity contribution in [1.82, 2.24) is 0 Å². The van der Waals surface area contributed by atoms with Gasteiger partial charge in [-0.3, -0.25) is 9.55 Å². The maximum Gasteiger partial charge on any atom is 0.264 e. The van der Waals surface area contributed by atoms with E-state index in [2.05, 4.69) is 80.8 Å². The Kier molecular flexibility index (Phi) is 6.22. The molecule has 1 heterocycles. The summed E-state index contributed by atoms with van der Waals surface area (Å²) in [7, 11) is -3.87. The number of aliphatic imine (C=N–C) groups is 1. The first-order valence-corrected chi connectivity index (χ1v) is 11.6. The molecule has 0 spiro atoms. The first-order chi connectivity index (χ1) is 10.1. The van der Waals surface area contributed by atoms with Crippen molar-refractivity contribution in [1.29, 1.82) is 0 Å². The third-order valence-corrected chi connectivity index (χ3v) is 10.0. The molecule has 1 atom stereocenters. The molecule has 1 aliphatic rings. The number of hydrogen-bond acceptors (Lipinski definition) is 3. The molecular formula is C14H16I3NO3S. The van der Waals surface area contributed by atoms with E-state index in [0.29, 0.717) is 6.42 Å². The molecular weight excluding hydrogens is 643 g/mol. The lowest BCUT2D eigenvalue weighted by molar-refractivity contribution is 0.475. The lowest BCUT2D eigenvalue weighted by atomic mass is 9.76. The van der Waals surface area contributed by atoms with Crippen molar-refractivity contribution in [2.75, 3.05) is 5.75 Å². The Labute approximate surface area is 172 Å². The Balaban J connectivity index is 2.26. The lowest BCUT2D eigenvalue weighted by Gasteiger charge is -2.28. The number of unbranched alkanes of at least 4 members (excludes halogenated alkanes) is 1. The molecule has 22 heavy (non-hydrogen) atoms. The molecule has 8 heteroatoms. The minimum Gasteiger partial charge on any atom is -0.286 e. The fraction of sp³-hybridized carbons (Fsp3) is 0.500. The highest BCUT2D eigenvalue weighted by Gasteiger charge is 2.39. The second-order valence-electron chi connectivity index (χ2n) is 5.65. The standard InChI is InChI=1S/C14H16I3NO3S/c1-8-14(2,5-3-4-6-22(19,20)21)11-10(18-8)7-9(15)12(16)13(11)17/h7H,3-6H2,1-2H3,(H,19,20,21). The van der Waals surface area contributed by atoms with Gasteiger partial charge in [-0.15, -0.1) is 0 Å².